The molecule has 0 fully saturated rings. The van der Waals surface area contributed by atoms with Gasteiger partial charge in [0.2, 0.25) is 0 Å². The van der Waals surface area contributed by atoms with Gasteiger partial charge in [-0.25, -0.2) is 4.79 Å². The van der Waals surface area contributed by atoms with Crippen LogP contribution in [0.25, 0.3) is 0 Å². The Morgan fingerprint density at radius 1 is 1.24 bits per heavy atom. The first-order valence-corrected chi connectivity index (χ1v) is 7.18. The minimum atomic E-state index is -0.541. The van der Waals surface area contributed by atoms with Gasteiger partial charge in [-0.1, -0.05) is 30.3 Å². The number of hydrogen-bond donors (Lipinski definition) is 2. The van der Waals surface area contributed by atoms with E-state index in [1.165, 1.54) is 0 Å². The molecule has 0 saturated heterocycles. The van der Waals surface area contributed by atoms with Crippen molar-refractivity contribution in [2.75, 3.05) is 19.8 Å². The molecule has 0 saturated carbocycles. The Bertz CT molecular complexity index is 418. The molecule has 0 radical (unpaired) electrons. The molecule has 0 aliphatic carbocycles. The quantitative estimate of drug-likeness (QED) is 0.813. The standard InChI is InChI=1S/C16H25FN2O2/c1-16(2,3)21-15(20)19-12-14(9-17)11-18-10-13-7-5-4-6-8-13/h4-8,14,18H,9-12H2,1-3H3,(H,19,20). The molecule has 0 aliphatic heterocycles. The second kappa shape index (κ2) is 8.62. The minimum Gasteiger partial charge on any atom is -0.444 e. The lowest BCUT2D eigenvalue weighted by Gasteiger charge is -2.21. The topological polar surface area (TPSA) is 50.4 Å². The fraction of sp³-hybridized carbons (Fsp3) is 0.562. The summed E-state index contributed by atoms with van der Waals surface area (Å²) in [4.78, 5) is 11.5. The molecule has 21 heavy (non-hydrogen) atoms. The normalized spacial score (nSPS) is 12.8. The average molecular weight is 296 g/mol. The van der Waals surface area contributed by atoms with E-state index in [1.54, 1.807) is 20.8 Å². The molecule has 1 amide bonds. The maximum absolute atomic E-state index is 12.9. The van der Waals surface area contributed by atoms with Crippen molar-refractivity contribution >= 4 is 6.09 Å². The van der Waals surface area contributed by atoms with Crippen LogP contribution in [-0.4, -0.2) is 31.5 Å². The van der Waals surface area contributed by atoms with Crippen LogP contribution in [0.2, 0.25) is 0 Å². The van der Waals surface area contributed by atoms with Gasteiger partial charge in [0.25, 0.3) is 0 Å². The summed E-state index contributed by atoms with van der Waals surface area (Å²) in [6, 6.07) is 9.91. The molecule has 0 spiro atoms. The SMILES string of the molecule is CC(C)(C)OC(=O)NCC(CF)CNCc1ccccc1. The Labute approximate surface area is 126 Å². The predicted molar refractivity (Wildman–Crippen MR) is 81.9 cm³/mol. The Kier molecular flexibility index (Phi) is 7.15. The number of carbonyl (C=O) groups excluding carboxylic acids is 1. The van der Waals surface area contributed by atoms with E-state index >= 15 is 0 Å². The number of alkyl halides is 1. The van der Waals surface area contributed by atoms with Crippen molar-refractivity contribution in [3.8, 4) is 0 Å². The molecule has 4 nitrogen and oxygen atoms in total. The molecule has 0 bridgehead atoms. The van der Waals surface area contributed by atoms with E-state index in [0.29, 0.717) is 13.1 Å². The summed E-state index contributed by atoms with van der Waals surface area (Å²) in [5, 5.41) is 5.79. The zero-order valence-electron chi connectivity index (χ0n) is 13.0. The van der Waals surface area contributed by atoms with Gasteiger partial charge in [0.1, 0.15) is 5.60 Å². The first-order valence-electron chi connectivity index (χ1n) is 7.18. The molecule has 5 heteroatoms. The smallest absolute Gasteiger partial charge is 0.407 e. The number of rotatable bonds is 7. The highest BCUT2D eigenvalue weighted by Gasteiger charge is 2.17. The van der Waals surface area contributed by atoms with Crippen molar-refractivity contribution in [2.45, 2.75) is 32.9 Å². The van der Waals surface area contributed by atoms with E-state index in [-0.39, 0.29) is 12.5 Å². The Hall–Kier alpha value is -1.62. The number of carbonyl (C=O) groups is 1. The second-order valence-corrected chi connectivity index (χ2v) is 6.02. The number of halogens is 1. The fourth-order valence-electron chi connectivity index (χ4n) is 1.74. The molecule has 118 valence electrons. The lowest BCUT2D eigenvalue weighted by atomic mass is 10.1. The van der Waals surface area contributed by atoms with Gasteiger partial charge in [-0.05, 0) is 26.3 Å². The lowest BCUT2D eigenvalue weighted by molar-refractivity contribution is 0.0517. The Morgan fingerprint density at radius 3 is 2.48 bits per heavy atom. The van der Waals surface area contributed by atoms with Crippen molar-refractivity contribution in [3.63, 3.8) is 0 Å². The maximum atomic E-state index is 12.9. The molecule has 1 aromatic rings. The average Bonchev–Trinajstić information content (AvgIpc) is 2.42. The molecule has 1 aromatic carbocycles. The Balaban J connectivity index is 2.24. The highest BCUT2D eigenvalue weighted by Crippen LogP contribution is 2.06. The van der Waals surface area contributed by atoms with Gasteiger partial charge in [0.05, 0.1) is 6.67 Å². The van der Waals surface area contributed by atoms with E-state index in [0.717, 1.165) is 5.56 Å². The van der Waals surface area contributed by atoms with Gasteiger partial charge < -0.3 is 15.4 Å². The summed E-state index contributed by atoms with van der Waals surface area (Å²) >= 11 is 0. The van der Waals surface area contributed by atoms with Gasteiger partial charge in [-0.3, -0.25) is 4.39 Å². The van der Waals surface area contributed by atoms with Crippen LogP contribution < -0.4 is 10.6 Å². The van der Waals surface area contributed by atoms with Crippen molar-refractivity contribution < 1.29 is 13.9 Å². The first-order chi connectivity index (χ1) is 9.90. The van der Waals surface area contributed by atoms with Crippen molar-refractivity contribution in [2.24, 2.45) is 5.92 Å². The van der Waals surface area contributed by atoms with Crippen LogP contribution in [0.15, 0.2) is 30.3 Å². The summed E-state index contributed by atoms with van der Waals surface area (Å²) < 4.78 is 18.1. The molecule has 0 heterocycles. The molecule has 1 atom stereocenters. The van der Waals surface area contributed by atoms with Crippen molar-refractivity contribution in [1.82, 2.24) is 10.6 Å². The van der Waals surface area contributed by atoms with Crippen LogP contribution in [-0.2, 0) is 11.3 Å². The van der Waals surface area contributed by atoms with Gasteiger partial charge in [0.15, 0.2) is 0 Å². The number of benzene rings is 1. The molecule has 1 unspecified atom stereocenters. The van der Waals surface area contributed by atoms with Crippen LogP contribution in [0.3, 0.4) is 0 Å². The van der Waals surface area contributed by atoms with E-state index in [9.17, 15) is 9.18 Å². The first kappa shape index (κ1) is 17.4. The summed E-state index contributed by atoms with van der Waals surface area (Å²) in [6.07, 6.45) is -0.510. The van der Waals surface area contributed by atoms with Gasteiger partial charge in [0, 0.05) is 25.6 Å². The summed E-state index contributed by atoms with van der Waals surface area (Å²) in [6.45, 7) is 6.33. The highest BCUT2D eigenvalue weighted by molar-refractivity contribution is 5.67. The van der Waals surface area contributed by atoms with Gasteiger partial charge >= 0.3 is 6.09 Å². The minimum absolute atomic E-state index is 0.257. The molecule has 2 N–H and O–H groups in total. The zero-order chi connectivity index (χ0) is 15.7. The maximum Gasteiger partial charge on any atom is 0.407 e. The van der Waals surface area contributed by atoms with E-state index in [2.05, 4.69) is 10.6 Å². The van der Waals surface area contributed by atoms with Crippen molar-refractivity contribution in [1.29, 1.82) is 0 Å². The van der Waals surface area contributed by atoms with E-state index < -0.39 is 18.4 Å². The zero-order valence-corrected chi connectivity index (χ0v) is 13.0. The molecular weight excluding hydrogens is 271 g/mol. The molecule has 0 aromatic heterocycles. The summed E-state index contributed by atoms with van der Waals surface area (Å²) in [5.41, 5.74) is 0.608. The number of nitrogens with one attached hydrogen (secondary N) is 2. The highest BCUT2D eigenvalue weighted by atomic mass is 19.1. The third kappa shape index (κ3) is 8.30. The number of alkyl carbamates (subject to hydrolysis) is 1. The van der Waals surface area contributed by atoms with Crippen molar-refractivity contribution in [3.05, 3.63) is 35.9 Å². The van der Waals surface area contributed by atoms with Crippen LogP contribution in [0.5, 0.6) is 0 Å². The van der Waals surface area contributed by atoms with Crippen LogP contribution >= 0.6 is 0 Å². The third-order valence-corrected chi connectivity index (χ3v) is 2.76. The van der Waals surface area contributed by atoms with Crippen LogP contribution in [0.1, 0.15) is 26.3 Å². The molecule has 1 rings (SSSR count). The monoisotopic (exact) mass is 296 g/mol. The molecule has 0 aliphatic rings. The Morgan fingerprint density at radius 2 is 1.90 bits per heavy atom. The predicted octanol–water partition coefficient (Wildman–Crippen LogP) is 2.89. The van der Waals surface area contributed by atoms with Crippen LogP contribution in [0, 0.1) is 5.92 Å². The number of hydrogen-bond acceptors (Lipinski definition) is 3. The van der Waals surface area contributed by atoms with Gasteiger partial charge in [-0.2, -0.15) is 0 Å². The fourth-order valence-corrected chi connectivity index (χ4v) is 1.74. The largest absolute Gasteiger partial charge is 0.444 e. The lowest BCUT2D eigenvalue weighted by Crippen LogP contribution is -2.38. The van der Waals surface area contributed by atoms with Crippen LogP contribution in [0.4, 0.5) is 9.18 Å². The number of ether oxygens (including phenoxy) is 1. The van der Waals surface area contributed by atoms with Gasteiger partial charge in [-0.15, -0.1) is 0 Å². The molecular formula is C16H25FN2O2. The summed E-state index contributed by atoms with van der Waals surface area (Å²) in [7, 11) is 0. The third-order valence-electron chi connectivity index (χ3n) is 2.76. The second-order valence-electron chi connectivity index (χ2n) is 6.02. The van der Waals surface area contributed by atoms with E-state index in [4.69, 9.17) is 4.74 Å². The summed E-state index contributed by atoms with van der Waals surface area (Å²) in [5.74, 6) is -0.263. The van der Waals surface area contributed by atoms with E-state index in [1.807, 2.05) is 30.3 Å². The number of amides is 1.